The van der Waals surface area contributed by atoms with E-state index < -0.39 is 7.94 Å². The van der Waals surface area contributed by atoms with Crippen LogP contribution in [0, 0.1) is 0 Å². The van der Waals surface area contributed by atoms with Crippen LogP contribution in [0.1, 0.15) is 25.3 Å². The minimum Gasteiger partial charge on any atom is -0.189 e. The number of hydrogen-bond acceptors (Lipinski definition) is 3. The van der Waals surface area contributed by atoms with Crippen LogP contribution >= 0.6 is 7.94 Å². The molecule has 0 unspecified atom stereocenters. The van der Waals surface area contributed by atoms with Crippen molar-refractivity contribution in [3.63, 3.8) is 0 Å². The molecule has 14 heavy (non-hydrogen) atoms. The molecule has 0 amide bonds. The predicted molar refractivity (Wildman–Crippen MR) is 58.3 cm³/mol. The van der Waals surface area contributed by atoms with Crippen molar-refractivity contribution in [2.24, 2.45) is 0 Å². The Morgan fingerprint density at radius 1 is 1.07 bits per heavy atom. The van der Waals surface area contributed by atoms with Crippen LogP contribution in [0.5, 0.6) is 0 Å². The van der Waals surface area contributed by atoms with Crippen molar-refractivity contribution in [1.29, 1.82) is 0 Å². The molecule has 4 heteroatoms. The highest BCUT2D eigenvalue weighted by Gasteiger charge is 2.33. The van der Waals surface area contributed by atoms with Crippen LogP contribution in [-0.2, 0) is 6.42 Å². The van der Waals surface area contributed by atoms with Crippen molar-refractivity contribution in [3.05, 3.63) is 29.8 Å². The van der Waals surface area contributed by atoms with Gasteiger partial charge in [0.2, 0.25) is 0 Å². The standard InChI is InChI=1S/C10H16O3P/c1-2-3-4-9-5-7-10(8-6-9)14(11,12)13/h5-8,11-13H,2-4H2,1H3/q+1. The van der Waals surface area contributed by atoms with Crippen LogP contribution in [0.4, 0.5) is 0 Å². The second-order valence-corrected chi connectivity index (χ2v) is 4.99. The van der Waals surface area contributed by atoms with Crippen molar-refractivity contribution >= 4 is 13.2 Å². The minimum absolute atomic E-state index is 0.206. The Morgan fingerprint density at radius 2 is 1.64 bits per heavy atom. The summed E-state index contributed by atoms with van der Waals surface area (Å²) in [7, 11) is -3.81. The highest BCUT2D eigenvalue weighted by molar-refractivity contribution is 7.66. The quantitative estimate of drug-likeness (QED) is 0.665. The average molecular weight is 215 g/mol. The van der Waals surface area contributed by atoms with E-state index in [1.807, 2.05) is 12.1 Å². The van der Waals surface area contributed by atoms with E-state index in [4.69, 9.17) is 14.7 Å². The number of benzene rings is 1. The van der Waals surface area contributed by atoms with Crippen LogP contribution in [-0.4, -0.2) is 14.7 Å². The van der Waals surface area contributed by atoms with Gasteiger partial charge in [-0.25, -0.2) is 0 Å². The van der Waals surface area contributed by atoms with Gasteiger partial charge in [-0.1, -0.05) is 25.5 Å². The number of aryl methyl sites for hydroxylation is 1. The SMILES string of the molecule is CCCCc1ccc([P+](O)(O)O)cc1. The largest absolute Gasteiger partial charge is 0.440 e. The zero-order valence-electron chi connectivity index (χ0n) is 8.22. The monoisotopic (exact) mass is 215 g/mol. The van der Waals surface area contributed by atoms with Gasteiger partial charge in [0.1, 0.15) is 0 Å². The molecule has 1 rings (SSSR count). The third-order valence-electron chi connectivity index (χ3n) is 2.10. The average Bonchev–Trinajstić information content (AvgIpc) is 2.14. The number of hydrogen-bond donors (Lipinski definition) is 3. The van der Waals surface area contributed by atoms with E-state index in [1.165, 1.54) is 0 Å². The van der Waals surface area contributed by atoms with Crippen LogP contribution in [0.25, 0.3) is 0 Å². The molecule has 0 aromatic heterocycles. The molecule has 1 aromatic carbocycles. The number of rotatable bonds is 4. The van der Waals surface area contributed by atoms with Crippen LogP contribution in [0.3, 0.4) is 0 Å². The smallest absolute Gasteiger partial charge is 0.189 e. The molecule has 0 spiro atoms. The molecular weight excluding hydrogens is 199 g/mol. The van der Waals surface area contributed by atoms with E-state index >= 15 is 0 Å². The third kappa shape index (κ3) is 3.35. The number of unbranched alkanes of at least 4 members (excludes halogenated alkanes) is 1. The summed E-state index contributed by atoms with van der Waals surface area (Å²) in [5, 5.41) is 0.206. The summed E-state index contributed by atoms with van der Waals surface area (Å²) in [6, 6.07) is 6.78. The van der Waals surface area contributed by atoms with Gasteiger partial charge in [0.25, 0.3) is 0 Å². The van der Waals surface area contributed by atoms with E-state index in [2.05, 4.69) is 6.92 Å². The van der Waals surface area contributed by atoms with Gasteiger partial charge in [0.15, 0.2) is 5.30 Å². The van der Waals surface area contributed by atoms with Gasteiger partial charge in [-0.2, -0.15) is 14.7 Å². The van der Waals surface area contributed by atoms with E-state index in [1.54, 1.807) is 12.1 Å². The highest BCUT2D eigenvalue weighted by atomic mass is 31.2. The van der Waals surface area contributed by atoms with Crippen LogP contribution < -0.4 is 5.30 Å². The van der Waals surface area contributed by atoms with E-state index in [0.29, 0.717) is 0 Å². The van der Waals surface area contributed by atoms with Crippen molar-refractivity contribution in [3.8, 4) is 0 Å². The fourth-order valence-corrected chi connectivity index (χ4v) is 1.79. The topological polar surface area (TPSA) is 60.7 Å². The normalized spacial score (nSPS) is 11.7. The molecule has 0 saturated heterocycles. The second kappa shape index (κ2) is 4.85. The van der Waals surface area contributed by atoms with Gasteiger partial charge >= 0.3 is 7.94 Å². The molecule has 0 saturated carbocycles. The lowest BCUT2D eigenvalue weighted by molar-refractivity contribution is 0.347. The van der Waals surface area contributed by atoms with E-state index in [9.17, 15) is 0 Å². The van der Waals surface area contributed by atoms with Gasteiger partial charge in [-0.15, -0.1) is 0 Å². The molecular formula is C10H16O3P+. The van der Waals surface area contributed by atoms with Gasteiger partial charge < -0.3 is 0 Å². The Hall–Kier alpha value is -0.470. The van der Waals surface area contributed by atoms with Crippen molar-refractivity contribution in [2.75, 3.05) is 0 Å². The lowest BCUT2D eigenvalue weighted by Crippen LogP contribution is -2.08. The zero-order valence-corrected chi connectivity index (χ0v) is 9.11. The molecule has 3 nitrogen and oxygen atoms in total. The molecule has 0 aliphatic carbocycles. The van der Waals surface area contributed by atoms with E-state index in [0.717, 1.165) is 24.8 Å². The molecule has 0 fully saturated rings. The first-order valence-electron chi connectivity index (χ1n) is 4.71. The molecule has 0 bridgehead atoms. The van der Waals surface area contributed by atoms with Gasteiger partial charge in [-0.3, -0.25) is 0 Å². The Bertz CT molecular complexity index is 276. The predicted octanol–water partition coefficient (Wildman–Crippen LogP) is 1.39. The Labute approximate surface area is 84.6 Å². The third-order valence-corrected chi connectivity index (χ3v) is 3.09. The van der Waals surface area contributed by atoms with Crippen molar-refractivity contribution in [2.45, 2.75) is 26.2 Å². The second-order valence-electron chi connectivity index (χ2n) is 3.34. The molecule has 3 N–H and O–H groups in total. The fraction of sp³-hybridized carbons (Fsp3) is 0.400. The van der Waals surface area contributed by atoms with Crippen molar-refractivity contribution in [1.82, 2.24) is 0 Å². The summed E-state index contributed by atoms with van der Waals surface area (Å²) in [6.45, 7) is 2.13. The summed E-state index contributed by atoms with van der Waals surface area (Å²) in [4.78, 5) is 26.9. The van der Waals surface area contributed by atoms with Gasteiger partial charge in [0.05, 0.1) is 0 Å². The van der Waals surface area contributed by atoms with Gasteiger partial charge in [0, 0.05) is 0 Å². The van der Waals surface area contributed by atoms with Gasteiger partial charge in [-0.05, 0) is 30.5 Å². The maximum Gasteiger partial charge on any atom is 0.440 e. The maximum atomic E-state index is 8.98. The zero-order chi connectivity index (χ0) is 10.6. The lowest BCUT2D eigenvalue weighted by atomic mass is 10.1. The summed E-state index contributed by atoms with van der Waals surface area (Å²) >= 11 is 0. The minimum atomic E-state index is -3.81. The summed E-state index contributed by atoms with van der Waals surface area (Å²) in [5.41, 5.74) is 1.16. The molecule has 0 aliphatic heterocycles. The Morgan fingerprint density at radius 3 is 2.07 bits per heavy atom. The Kier molecular flexibility index (Phi) is 4.02. The first-order chi connectivity index (χ1) is 6.54. The van der Waals surface area contributed by atoms with E-state index in [-0.39, 0.29) is 5.30 Å². The molecule has 78 valence electrons. The molecule has 0 radical (unpaired) electrons. The van der Waals surface area contributed by atoms with Crippen molar-refractivity contribution < 1.29 is 14.7 Å². The van der Waals surface area contributed by atoms with Crippen LogP contribution in [0.2, 0.25) is 0 Å². The fourth-order valence-electron chi connectivity index (χ4n) is 1.24. The first-order valence-corrected chi connectivity index (χ1v) is 6.35. The summed E-state index contributed by atoms with van der Waals surface area (Å²) in [5.74, 6) is 0. The Balaban J connectivity index is 2.69. The first kappa shape index (κ1) is 11.6. The van der Waals surface area contributed by atoms with Crippen LogP contribution in [0.15, 0.2) is 24.3 Å². The molecule has 0 atom stereocenters. The summed E-state index contributed by atoms with van der Waals surface area (Å²) in [6.07, 6.45) is 3.25. The highest BCUT2D eigenvalue weighted by Crippen LogP contribution is 2.42. The lowest BCUT2D eigenvalue weighted by Gasteiger charge is -2.04. The maximum absolute atomic E-state index is 8.98. The molecule has 0 aliphatic rings. The summed E-state index contributed by atoms with van der Waals surface area (Å²) < 4.78 is 0. The molecule has 1 aromatic rings. The molecule has 0 heterocycles.